The van der Waals surface area contributed by atoms with Crippen LogP contribution in [0.4, 0.5) is 0 Å². The van der Waals surface area contributed by atoms with Crippen LogP contribution in [0.5, 0.6) is 0 Å². The van der Waals surface area contributed by atoms with Gasteiger partial charge in [-0.1, -0.05) is 47.1 Å². The zero-order chi connectivity index (χ0) is 25.0. The summed E-state index contributed by atoms with van der Waals surface area (Å²) in [6.45, 7) is 11.1. The van der Waals surface area contributed by atoms with Crippen LogP contribution >= 0.6 is 0 Å². The van der Waals surface area contributed by atoms with E-state index in [1.54, 1.807) is 26.8 Å². The van der Waals surface area contributed by atoms with Crippen molar-refractivity contribution in [3.8, 4) is 11.3 Å². The largest absolute Gasteiger partial charge is 0.458 e. The van der Waals surface area contributed by atoms with Crippen molar-refractivity contribution >= 4 is 18.2 Å². The minimum Gasteiger partial charge on any atom is -0.458 e. The fourth-order valence-corrected chi connectivity index (χ4v) is 3.86. The first-order chi connectivity index (χ1) is 16.0. The Morgan fingerprint density at radius 1 is 1.06 bits per heavy atom. The van der Waals surface area contributed by atoms with Crippen LogP contribution in [0.2, 0.25) is 0 Å². The summed E-state index contributed by atoms with van der Waals surface area (Å²) in [6, 6.07) is 11.9. The number of rotatable bonds is 7. The van der Waals surface area contributed by atoms with Crippen molar-refractivity contribution < 1.29 is 23.6 Å². The maximum atomic E-state index is 13.2. The number of benzene rings is 2. The molecular formula is C27H30N2O5. The van der Waals surface area contributed by atoms with Gasteiger partial charge in [0.05, 0.1) is 0 Å². The molecule has 178 valence electrons. The fraction of sp³-hybridized carbons (Fsp3) is 0.333. The Morgan fingerprint density at radius 2 is 1.68 bits per heavy atom. The first kappa shape index (κ1) is 24.9. The third-order valence-electron chi connectivity index (χ3n) is 5.23. The van der Waals surface area contributed by atoms with E-state index >= 15 is 0 Å². The van der Waals surface area contributed by atoms with Gasteiger partial charge in [-0.05, 0) is 58.2 Å². The summed E-state index contributed by atoms with van der Waals surface area (Å²) in [7, 11) is 0. The van der Waals surface area contributed by atoms with Gasteiger partial charge in [0.1, 0.15) is 17.3 Å². The molecule has 3 rings (SSSR count). The highest BCUT2D eigenvalue weighted by Gasteiger charge is 2.28. The molecule has 0 aliphatic carbocycles. The first-order valence-corrected chi connectivity index (χ1v) is 11.1. The number of aldehydes is 1. The summed E-state index contributed by atoms with van der Waals surface area (Å²) < 4.78 is 10.8. The molecule has 1 amide bonds. The van der Waals surface area contributed by atoms with Crippen LogP contribution in [0.3, 0.4) is 0 Å². The molecule has 1 atom stereocenters. The molecule has 0 spiro atoms. The Kier molecular flexibility index (Phi) is 7.35. The molecule has 0 saturated heterocycles. The summed E-state index contributed by atoms with van der Waals surface area (Å²) in [5.41, 5.74) is 4.43. The number of carbonyl (C=O) groups excluding carboxylic acids is 3. The normalized spacial score (nSPS) is 12.2. The van der Waals surface area contributed by atoms with Gasteiger partial charge in [0, 0.05) is 23.6 Å². The van der Waals surface area contributed by atoms with Crippen molar-refractivity contribution in [2.45, 2.75) is 59.6 Å². The second-order valence-corrected chi connectivity index (χ2v) is 9.47. The number of amides is 1. The van der Waals surface area contributed by atoms with E-state index in [1.165, 1.54) is 0 Å². The number of nitrogens with one attached hydrogen (secondary N) is 1. The van der Waals surface area contributed by atoms with Gasteiger partial charge >= 0.3 is 5.97 Å². The molecule has 1 heterocycles. The molecule has 0 fully saturated rings. The Bertz CT molecular complexity index is 1180. The van der Waals surface area contributed by atoms with E-state index in [2.05, 4.69) is 10.5 Å². The van der Waals surface area contributed by atoms with Crippen molar-refractivity contribution in [3.05, 3.63) is 76.0 Å². The number of hydrogen-bond acceptors (Lipinski definition) is 6. The second-order valence-electron chi connectivity index (χ2n) is 9.47. The van der Waals surface area contributed by atoms with Crippen LogP contribution in [0.15, 0.2) is 47.0 Å². The van der Waals surface area contributed by atoms with Crippen LogP contribution in [-0.2, 0) is 16.0 Å². The summed E-state index contributed by atoms with van der Waals surface area (Å²) in [6.07, 6.45) is 0.869. The monoisotopic (exact) mass is 462 g/mol. The van der Waals surface area contributed by atoms with E-state index in [-0.39, 0.29) is 18.0 Å². The maximum Gasteiger partial charge on any atom is 0.329 e. The van der Waals surface area contributed by atoms with Crippen LogP contribution in [0.25, 0.3) is 11.3 Å². The molecule has 0 radical (unpaired) electrons. The van der Waals surface area contributed by atoms with Gasteiger partial charge in [0.2, 0.25) is 0 Å². The molecule has 0 saturated carbocycles. The highest BCUT2D eigenvalue weighted by atomic mass is 16.6. The van der Waals surface area contributed by atoms with Crippen LogP contribution in [0.1, 0.15) is 63.9 Å². The molecule has 34 heavy (non-hydrogen) atoms. The van der Waals surface area contributed by atoms with Crippen molar-refractivity contribution in [1.29, 1.82) is 0 Å². The molecule has 7 heteroatoms. The third kappa shape index (κ3) is 6.19. The van der Waals surface area contributed by atoms with Crippen LogP contribution < -0.4 is 5.32 Å². The number of carbonyl (C=O) groups is 3. The van der Waals surface area contributed by atoms with Gasteiger partial charge in [-0.2, -0.15) is 0 Å². The van der Waals surface area contributed by atoms with E-state index < -0.39 is 17.6 Å². The second kappa shape index (κ2) is 10.0. The lowest BCUT2D eigenvalue weighted by molar-refractivity contribution is -0.157. The number of aryl methyl sites for hydroxylation is 3. The van der Waals surface area contributed by atoms with Gasteiger partial charge < -0.3 is 14.6 Å². The highest BCUT2D eigenvalue weighted by Crippen LogP contribution is 2.22. The molecule has 3 aromatic rings. The predicted molar refractivity (Wildman–Crippen MR) is 129 cm³/mol. The molecule has 7 nitrogen and oxygen atoms in total. The standard InChI is InChI=1S/C27H30N2O5/c1-16-11-17(2)24(18(3)12-16)25(31)28-22(26(32)33-27(4,5)6)13-19-7-9-20(10-8-19)23-14-21(15-30)29-34-23/h7-12,14-15,22H,13H2,1-6H3,(H,28,31)/t22-/m0/s1. The Hall–Kier alpha value is -3.74. The van der Waals surface area contributed by atoms with Crippen molar-refractivity contribution in [3.63, 3.8) is 0 Å². The van der Waals surface area contributed by atoms with Gasteiger partial charge in [0.15, 0.2) is 12.0 Å². The maximum absolute atomic E-state index is 13.2. The van der Waals surface area contributed by atoms with Gasteiger partial charge in [0.25, 0.3) is 5.91 Å². The molecule has 1 aromatic heterocycles. The first-order valence-electron chi connectivity index (χ1n) is 11.1. The average Bonchev–Trinajstić information content (AvgIpc) is 3.21. The molecule has 0 aliphatic heterocycles. The SMILES string of the molecule is Cc1cc(C)c(C(=O)N[C@@H](Cc2ccc(-c3cc(C=O)no3)cc2)C(=O)OC(C)(C)C)c(C)c1. The Balaban J connectivity index is 1.84. The summed E-state index contributed by atoms with van der Waals surface area (Å²) in [4.78, 5) is 37.0. The minimum atomic E-state index is -0.871. The zero-order valence-electron chi connectivity index (χ0n) is 20.4. The zero-order valence-corrected chi connectivity index (χ0v) is 20.4. The summed E-state index contributed by atoms with van der Waals surface area (Å²) in [5.74, 6) is -0.347. The number of hydrogen-bond donors (Lipinski definition) is 1. The number of esters is 1. The lowest BCUT2D eigenvalue weighted by Crippen LogP contribution is -2.45. The lowest BCUT2D eigenvalue weighted by Gasteiger charge is -2.25. The molecule has 0 unspecified atom stereocenters. The van der Waals surface area contributed by atoms with Gasteiger partial charge in [-0.15, -0.1) is 0 Å². The van der Waals surface area contributed by atoms with Crippen molar-refractivity contribution in [2.24, 2.45) is 0 Å². The smallest absolute Gasteiger partial charge is 0.329 e. The minimum absolute atomic E-state index is 0.216. The van der Waals surface area contributed by atoms with E-state index in [4.69, 9.17) is 9.26 Å². The van der Waals surface area contributed by atoms with E-state index in [9.17, 15) is 14.4 Å². The Labute approximate surface area is 199 Å². The van der Waals surface area contributed by atoms with E-state index in [1.807, 2.05) is 57.2 Å². The van der Waals surface area contributed by atoms with Gasteiger partial charge in [-0.3, -0.25) is 9.59 Å². The van der Waals surface area contributed by atoms with Crippen LogP contribution in [0, 0.1) is 20.8 Å². The fourth-order valence-electron chi connectivity index (χ4n) is 3.86. The topological polar surface area (TPSA) is 98.5 Å². The summed E-state index contributed by atoms with van der Waals surface area (Å²) in [5, 5.41) is 6.55. The van der Waals surface area contributed by atoms with Gasteiger partial charge in [-0.25, -0.2) is 4.79 Å². The lowest BCUT2D eigenvalue weighted by atomic mass is 9.98. The number of aromatic nitrogens is 1. The van der Waals surface area contributed by atoms with Crippen molar-refractivity contribution in [1.82, 2.24) is 10.5 Å². The predicted octanol–water partition coefficient (Wildman–Crippen LogP) is 4.76. The van der Waals surface area contributed by atoms with Crippen molar-refractivity contribution in [2.75, 3.05) is 0 Å². The average molecular weight is 463 g/mol. The molecule has 1 N–H and O–H groups in total. The highest BCUT2D eigenvalue weighted by molar-refractivity contribution is 5.99. The van der Waals surface area contributed by atoms with E-state index in [0.717, 1.165) is 27.8 Å². The van der Waals surface area contributed by atoms with E-state index in [0.29, 0.717) is 17.6 Å². The van der Waals surface area contributed by atoms with Crippen LogP contribution in [-0.4, -0.2) is 35.0 Å². The molecule has 0 bridgehead atoms. The Morgan fingerprint density at radius 3 is 2.21 bits per heavy atom. The quantitative estimate of drug-likeness (QED) is 0.401. The number of ether oxygens (including phenoxy) is 1. The summed E-state index contributed by atoms with van der Waals surface area (Å²) >= 11 is 0. The molecule has 2 aromatic carbocycles. The molecular weight excluding hydrogens is 432 g/mol. The molecule has 0 aliphatic rings. The number of nitrogens with zero attached hydrogens (tertiary/aromatic N) is 1. The third-order valence-corrected chi connectivity index (χ3v) is 5.23.